The van der Waals surface area contributed by atoms with Gasteiger partial charge in [0.15, 0.2) is 0 Å². The maximum Gasteiger partial charge on any atom is 0.261 e. The third kappa shape index (κ3) is 3.16. The molecule has 3 aromatic rings. The smallest absolute Gasteiger partial charge is 0.261 e. The molecule has 0 aliphatic carbocycles. The number of hydrogen-bond acceptors (Lipinski definition) is 4. The summed E-state index contributed by atoms with van der Waals surface area (Å²) >= 11 is 6.00. The third-order valence-electron chi connectivity index (χ3n) is 3.81. The minimum Gasteiger partial charge on any atom is -0.468 e. The van der Waals surface area contributed by atoms with Crippen LogP contribution in [0.2, 0.25) is 5.02 Å². The first-order valence-electron chi connectivity index (χ1n) is 7.56. The van der Waals surface area contributed by atoms with E-state index in [1.165, 1.54) is 0 Å². The Balaban J connectivity index is 1.98. The van der Waals surface area contributed by atoms with Crippen LogP contribution in [0.25, 0.3) is 10.9 Å². The molecule has 0 aliphatic rings. The number of rotatable bonds is 5. The molecule has 5 nitrogen and oxygen atoms in total. The number of furan rings is 1. The Bertz CT molecular complexity index is 871. The maximum absolute atomic E-state index is 12.7. The fourth-order valence-corrected chi connectivity index (χ4v) is 2.78. The van der Waals surface area contributed by atoms with Crippen LogP contribution in [0, 0.1) is 0 Å². The zero-order chi connectivity index (χ0) is 16.4. The highest BCUT2D eigenvalue weighted by molar-refractivity contribution is 6.31. The number of fused-ring (bicyclic) bond motifs is 1. The SMILES string of the molecule is CCn1c(C(C)NCc2ccco2)nc2ccc(Cl)cc2c1=O. The van der Waals surface area contributed by atoms with E-state index in [1.54, 1.807) is 29.0 Å². The molecule has 0 amide bonds. The zero-order valence-corrected chi connectivity index (χ0v) is 13.8. The lowest BCUT2D eigenvalue weighted by Crippen LogP contribution is -2.30. The summed E-state index contributed by atoms with van der Waals surface area (Å²) in [7, 11) is 0. The van der Waals surface area contributed by atoms with Gasteiger partial charge in [-0.2, -0.15) is 0 Å². The van der Waals surface area contributed by atoms with Gasteiger partial charge in [0, 0.05) is 11.6 Å². The molecule has 0 saturated carbocycles. The molecule has 0 bridgehead atoms. The van der Waals surface area contributed by atoms with Crippen LogP contribution >= 0.6 is 11.6 Å². The van der Waals surface area contributed by atoms with Gasteiger partial charge in [-0.25, -0.2) is 4.98 Å². The Kier molecular flexibility index (Phi) is 4.50. The van der Waals surface area contributed by atoms with Crippen molar-refractivity contribution in [3.05, 3.63) is 63.6 Å². The molecule has 0 radical (unpaired) electrons. The quantitative estimate of drug-likeness (QED) is 0.777. The largest absolute Gasteiger partial charge is 0.468 e. The topological polar surface area (TPSA) is 60.1 Å². The molecule has 0 fully saturated rings. The van der Waals surface area contributed by atoms with Gasteiger partial charge < -0.3 is 9.73 Å². The number of nitrogens with one attached hydrogen (secondary N) is 1. The molecule has 1 aromatic carbocycles. The lowest BCUT2D eigenvalue weighted by Gasteiger charge is -2.18. The van der Waals surface area contributed by atoms with Gasteiger partial charge in [-0.15, -0.1) is 0 Å². The summed E-state index contributed by atoms with van der Waals surface area (Å²) in [6, 6.07) is 8.86. The molecule has 1 unspecified atom stereocenters. The fourth-order valence-electron chi connectivity index (χ4n) is 2.60. The molecule has 0 aliphatic heterocycles. The lowest BCUT2D eigenvalue weighted by molar-refractivity contribution is 0.442. The summed E-state index contributed by atoms with van der Waals surface area (Å²) in [4.78, 5) is 17.3. The van der Waals surface area contributed by atoms with Crippen LogP contribution in [0.4, 0.5) is 0 Å². The Morgan fingerprint density at radius 1 is 1.39 bits per heavy atom. The molecule has 2 aromatic heterocycles. The van der Waals surface area contributed by atoms with E-state index in [2.05, 4.69) is 10.3 Å². The van der Waals surface area contributed by atoms with Crippen molar-refractivity contribution < 1.29 is 4.42 Å². The van der Waals surface area contributed by atoms with E-state index in [9.17, 15) is 4.79 Å². The Morgan fingerprint density at radius 3 is 2.91 bits per heavy atom. The van der Waals surface area contributed by atoms with Gasteiger partial charge in [0.25, 0.3) is 5.56 Å². The van der Waals surface area contributed by atoms with Crippen LogP contribution in [0.5, 0.6) is 0 Å². The zero-order valence-electron chi connectivity index (χ0n) is 13.0. The predicted octanol–water partition coefficient (Wildman–Crippen LogP) is 3.51. The Hall–Kier alpha value is -2.11. The van der Waals surface area contributed by atoms with Crippen molar-refractivity contribution in [3.63, 3.8) is 0 Å². The van der Waals surface area contributed by atoms with Gasteiger partial charge >= 0.3 is 0 Å². The second-order valence-corrected chi connectivity index (χ2v) is 5.80. The molecule has 2 heterocycles. The van der Waals surface area contributed by atoms with E-state index >= 15 is 0 Å². The maximum atomic E-state index is 12.7. The van der Waals surface area contributed by atoms with Crippen molar-refractivity contribution in [2.45, 2.75) is 33.0 Å². The van der Waals surface area contributed by atoms with Crippen LogP contribution in [0.3, 0.4) is 0 Å². The molecular formula is C17H18ClN3O2. The summed E-state index contributed by atoms with van der Waals surface area (Å²) in [5.41, 5.74) is 0.590. The molecule has 3 rings (SSSR count). The van der Waals surface area contributed by atoms with Crippen molar-refractivity contribution in [1.82, 2.24) is 14.9 Å². The standard InChI is InChI=1S/C17H18ClN3O2/c1-3-21-16(11(2)19-10-13-5-4-8-23-13)20-15-7-6-12(18)9-14(15)17(21)22/h4-9,11,19H,3,10H2,1-2H3. The van der Waals surface area contributed by atoms with Gasteiger partial charge in [-0.05, 0) is 44.2 Å². The summed E-state index contributed by atoms with van der Waals surface area (Å²) in [6.07, 6.45) is 1.64. The molecule has 1 atom stereocenters. The van der Waals surface area contributed by atoms with Crippen LogP contribution in [0.1, 0.15) is 31.5 Å². The highest BCUT2D eigenvalue weighted by Gasteiger charge is 2.16. The minimum atomic E-state index is -0.0900. The van der Waals surface area contributed by atoms with E-state index in [0.29, 0.717) is 34.8 Å². The summed E-state index contributed by atoms with van der Waals surface area (Å²) < 4.78 is 7.00. The summed E-state index contributed by atoms with van der Waals surface area (Å²) in [5, 5.41) is 4.42. The van der Waals surface area contributed by atoms with Gasteiger partial charge in [-0.3, -0.25) is 9.36 Å². The van der Waals surface area contributed by atoms with Gasteiger partial charge in [-0.1, -0.05) is 11.6 Å². The van der Waals surface area contributed by atoms with Crippen molar-refractivity contribution in [1.29, 1.82) is 0 Å². The van der Waals surface area contributed by atoms with Crippen molar-refractivity contribution in [3.8, 4) is 0 Å². The number of hydrogen-bond donors (Lipinski definition) is 1. The number of halogens is 1. The first-order chi connectivity index (χ1) is 11.1. The average Bonchev–Trinajstić information content (AvgIpc) is 3.06. The van der Waals surface area contributed by atoms with Crippen molar-refractivity contribution in [2.75, 3.05) is 0 Å². The van der Waals surface area contributed by atoms with Crippen LogP contribution < -0.4 is 10.9 Å². The van der Waals surface area contributed by atoms with Gasteiger partial charge in [0.2, 0.25) is 0 Å². The molecule has 0 saturated heterocycles. The number of nitrogens with zero attached hydrogens (tertiary/aromatic N) is 2. The molecule has 0 spiro atoms. The van der Waals surface area contributed by atoms with Crippen LogP contribution in [-0.2, 0) is 13.1 Å². The summed E-state index contributed by atoms with van der Waals surface area (Å²) in [5.74, 6) is 1.55. The van der Waals surface area contributed by atoms with E-state index < -0.39 is 0 Å². The normalized spacial score (nSPS) is 12.7. The van der Waals surface area contributed by atoms with Gasteiger partial charge in [0.1, 0.15) is 11.6 Å². The van der Waals surface area contributed by atoms with E-state index in [-0.39, 0.29) is 11.6 Å². The summed E-state index contributed by atoms with van der Waals surface area (Å²) in [6.45, 7) is 5.05. The van der Waals surface area contributed by atoms with Crippen LogP contribution in [-0.4, -0.2) is 9.55 Å². The number of benzene rings is 1. The second-order valence-electron chi connectivity index (χ2n) is 5.36. The van der Waals surface area contributed by atoms with E-state index in [0.717, 1.165) is 5.76 Å². The first-order valence-corrected chi connectivity index (χ1v) is 7.93. The second kappa shape index (κ2) is 6.56. The fraction of sp³-hybridized carbons (Fsp3) is 0.294. The predicted molar refractivity (Wildman–Crippen MR) is 90.6 cm³/mol. The third-order valence-corrected chi connectivity index (χ3v) is 4.05. The minimum absolute atomic E-state index is 0.0679. The van der Waals surface area contributed by atoms with Gasteiger partial charge in [0.05, 0.1) is 29.8 Å². The molecule has 120 valence electrons. The molecule has 23 heavy (non-hydrogen) atoms. The highest BCUT2D eigenvalue weighted by atomic mass is 35.5. The van der Waals surface area contributed by atoms with E-state index in [4.69, 9.17) is 16.0 Å². The molecular weight excluding hydrogens is 314 g/mol. The molecule has 6 heteroatoms. The first kappa shape index (κ1) is 15.8. The highest BCUT2D eigenvalue weighted by Crippen LogP contribution is 2.18. The van der Waals surface area contributed by atoms with E-state index in [1.807, 2.05) is 26.0 Å². The monoisotopic (exact) mass is 331 g/mol. The lowest BCUT2D eigenvalue weighted by atomic mass is 10.2. The number of aromatic nitrogens is 2. The average molecular weight is 332 g/mol. The van der Waals surface area contributed by atoms with Crippen molar-refractivity contribution in [2.24, 2.45) is 0 Å². The molecule has 1 N–H and O–H groups in total. The Morgan fingerprint density at radius 2 is 2.22 bits per heavy atom. The van der Waals surface area contributed by atoms with Crippen molar-refractivity contribution >= 4 is 22.5 Å². The van der Waals surface area contributed by atoms with Crippen LogP contribution in [0.15, 0.2) is 45.8 Å². The Labute approximate surface area is 138 Å².